The van der Waals surface area contributed by atoms with Gasteiger partial charge in [-0.05, 0) is 117 Å². The van der Waals surface area contributed by atoms with Crippen molar-refractivity contribution in [3.05, 3.63) is 96.8 Å². The van der Waals surface area contributed by atoms with E-state index in [1.807, 2.05) is 30.3 Å². The Hall–Kier alpha value is -2.94. The van der Waals surface area contributed by atoms with Crippen LogP contribution in [0.3, 0.4) is 0 Å². The van der Waals surface area contributed by atoms with Crippen LogP contribution < -0.4 is 0 Å². The highest BCUT2D eigenvalue weighted by Crippen LogP contribution is 2.72. The molecule has 4 rings (SSSR count). The van der Waals surface area contributed by atoms with Gasteiger partial charge in [-0.1, -0.05) is 127 Å². The first-order valence-corrected chi connectivity index (χ1v) is 19.3. The maximum atomic E-state index is 14.7. The molecule has 50 heavy (non-hydrogen) atoms. The summed E-state index contributed by atoms with van der Waals surface area (Å²) in [5.41, 5.74) is 5.21. The number of benzene rings is 1. The lowest BCUT2D eigenvalue weighted by atomic mass is 9.66. The Balaban J connectivity index is 1.46. The van der Waals surface area contributed by atoms with Gasteiger partial charge >= 0.3 is 0 Å². The number of hydrogen-bond acceptors (Lipinski definition) is 3. The number of allylic oxidation sites excluding steroid dienone is 5. The lowest BCUT2D eigenvalue weighted by molar-refractivity contribution is -0.125. The van der Waals surface area contributed by atoms with Gasteiger partial charge in [0.25, 0.3) is 0 Å². The largest absolute Gasteiger partial charge is 0.493 e. The molecule has 3 fully saturated rings. The first-order chi connectivity index (χ1) is 23.1. The summed E-state index contributed by atoms with van der Waals surface area (Å²) in [5.74, 6) is 3.28. The quantitative estimate of drug-likeness (QED) is 0.0830. The zero-order valence-electron chi connectivity index (χ0n) is 33.1. The first kappa shape index (κ1) is 39.8. The number of rotatable bonds is 19. The van der Waals surface area contributed by atoms with E-state index in [1.54, 1.807) is 6.92 Å². The second-order valence-electron chi connectivity index (χ2n) is 19.0. The Morgan fingerprint density at radius 3 is 2.06 bits per heavy atom. The fourth-order valence-corrected chi connectivity index (χ4v) is 9.21. The third kappa shape index (κ3) is 9.89. The number of Topliss-reactive ketones (excluding diaryl/α,β-unsaturated/α-hetero) is 2. The summed E-state index contributed by atoms with van der Waals surface area (Å²) in [5, 5.41) is 0. The Morgan fingerprint density at radius 2 is 1.52 bits per heavy atom. The summed E-state index contributed by atoms with van der Waals surface area (Å²) in [6, 6.07) is 9.99. The molecule has 0 N–H and O–H groups in total. The summed E-state index contributed by atoms with van der Waals surface area (Å²) >= 11 is 0. The van der Waals surface area contributed by atoms with Gasteiger partial charge in [0.1, 0.15) is 17.2 Å². The van der Waals surface area contributed by atoms with Crippen molar-refractivity contribution in [1.29, 1.82) is 0 Å². The highest BCUT2D eigenvalue weighted by atomic mass is 16.5. The van der Waals surface area contributed by atoms with E-state index in [9.17, 15) is 9.59 Å². The molecule has 0 amide bonds. The minimum absolute atomic E-state index is 0.00630. The van der Waals surface area contributed by atoms with Gasteiger partial charge in [-0.2, -0.15) is 0 Å². The molecule has 1 aromatic rings. The molecule has 1 aromatic carbocycles. The molecular formula is C47H68O3. The van der Waals surface area contributed by atoms with Crippen LogP contribution in [0.5, 0.6) is 0 Å². The van der Waals surface area contributed by atoms with Crippen LogP contribution in [0.4, 0.5) is 0 Å². The fourth-order valence-electron chi connectivity index (χ4n) is 9.21. The van der Waals surface area contributed by atoms with Gasteiger partial charge in [0.05, 0.1) is 5.76 Å². The lowest BCUT2D eigenvalue weighted by Crippen LogP contribution is -2.34. The van der Waals surface area contributed by atoms with E-state index in [1.165, 1.54) is 18.4 Å². The summed E-state index contributed by atoms with van der Waals surface area (Å²) in [6.45, 7) is 41.9. The molecule has 0 aliphatic heterocycles. The predicted octanol–water partition coefficient (Wildman–Crippen LogP) is 12.4. The highest BCUT2D eigenvalue weighted by Gasteiger charge is 2.68. The molecule has 0 bridgehead atoms. The molecule has 0 spiro atoms. The fraction of sp³-hybridized carbons (Fsp3) is 0.617. The summed E-state index contributed by atoms with van der Waals surface area (Å²) in [6.07, 6.45) is 7.93. The molecule has 3 heteroatoms. The third-order valence-corrected chi connectivity index (χ3v) is 12.4. The molecule has 0 heterocycles. The molecule has 7 atom stereocenters. The highest BCUT2D eigenvalue weighted by molar-refractivity contribution is 5.84. The molecule has 3 saturated carbocycles. The van der Waals surface area contributed by atoms with Gasteiger partial charge < -0.3 is 4.74 Å². The number of carbonyl (C=O) groups is 2. The molecular weight excluding hydrogens is 613 g/mol. The molecule has 0 radical (unpaired) electrons. The summed E-state index contributed by atoms with van der Waals surface area (Å²) in [7, 11) is 0. The van der Waals surface area contributed by atoms with Crippen LogP contribution in [-0.2, 0) is 14.3 Å². The van der Waals surface area contributed by atoms with Gasteiger partial charge in [-0.25, -0.2) is 0 Å². The van der Waals surface area contributed by atoms with E-state index >= 15 is 0 Å². The average Bonchev–Trinajstić information content (AvgIpc) is 3.86. The Labute approximate surface area is 305 Å². The van der Waals surface area contributed by atoms with E-state index < -0.39 is 0 Å². The normalized spacial score (nSPS) is 24.3. The predicted molar refractivity (Wildman–Crippen MR) is 211 cm³/mol. The molecule has 3 aliphatic rings. The van der Waals surface area contributed by atoms with Crippen molar-refractivity contribution in [3.8, 4) is 0 Å². The Bertz CT molecular complexity index is 1470. The van der Waals surface area contributed by atoms with E-state index in [-0.39, 0.29) is 51.8 Å². The topological polar surface area (TPSA) is 43.4 Å². The second-order valence-corrected chi connectivity index (χ2v) is 19.0. The smallest absolute Gasteiger partial charge is 0.137 e. The SMILES string of the molecule is C=C(CCC(=C)C(=C)C(CC(=O)C1C(C(=C)C(CC(=C)OC(C)(C)C)C(C)(C)C)CC2C1C2(C)C)CC1CC1)CC(C(C)=O)c1ccccc1. The van der Waals surface area contributed by atoms with Crippen molar-refractivity contribution >= 4 is 11.6 Å². The van der Waals surface area contributed by atoms with Crippen LogP contribution >= 0.6 is 0 Å². The van der Waals surface area contributed by atoms with Crippen molar-refractivity contribution < 1.29 is 14.3 Å². The maximum Gasteiger partial charge on any atom is 0.137 e. The minimum Gasteiger partial charge on any atom is -0.493 e. The first-order valence-electron chi connectivity index (χ1n) is 19.3. The zero-order chi connectivity index (χ0) is 37.3. The summed E-state index contributed by atoms with van der Waals surface area (Å²) < 4.78 is 6.20. The molecule has 3 nitrogen and oxygen atoms in total. The number of ketones is 2. The number of hydrogen-bond donors (Lipinski definition) is 0. The van der Waals surface area contributed by atoms with Crippen molar-refractivity contribution in [2.24, 2.45) is 52.3 Å². The zero-order valence-corrected chi connectivity index (χ0v) is 33.1. The van der Waals surface area contributed by atoms with Crippen LogP contribution in [0, 0.1) is 52.3 Å². The van der Waals surface area contributed by atoms with E-state index in [0.29, 0.717) is 36.4 Å². The summed E-state index contributed by atoms with van der Waals surface area (Å²) in [4.78, 5) is 27.2. The molecule has 274 valence electrons. The van der Waals surface area contributed by atoms with Gasteiger partial charge in [0.15, 0.2) is 0 Å². The van der Waals surface area contributed by atoms with Gasteiger partial charge in [-0.3, -0.25) is 9.59 Å². The Kier molecular flexibility index (Phi) is 12.2. The number of carbonyl (C=O) groups excluding carboxylic acids is 2. The van der Waals surface area contributed by atoms with Crippen molar-refractivity contribution in [2.75, 3.05) is 0 Å². The van der Waals surface area contributed by atoms with Crippen molar-refractivity contribution in [3.63, 3.8) is 0 Å². The lowest BCUT2D eigenvalue weighted by Gasteiger charge is -2.39. The molecule has 7 unspecified atom stereocenters. The van der Waals surface area contributed by atoms with Gasteiger partial charge in [0, 0.05) is 24.7 Å². The molecule has 0 aromatic heterocycles. The number of ether oxygens (including phenoxy) is 1. The maximum absolute atomic E-state index is 14.7. The van der Waals surface area contributed by atoms with E-state index in [4.69, 9.17) is 11.3 Å². The van der Waals surface area contributed by atoms with Crippen LogP contribution in [0.25, 0.3) is 0 Å². The van der Waals surface area contributed by atoms with Crippen molar-refractivity contribution in [2.45, 2.75) is 132 Å². The van der Waals surface area contributed by atoms with Crippen LogP contribution in [0.15, 0.2) is 91.3 Å². The monoisotopic (exact) mass is 681 g/mol. The van der Waals surface area contributed by atoms with Crippen LogP contribution in [0.2, 0.25) is 0 Å². The third-order valence-electron chi connectivity index (χ3n) is 12.4. The minimum atomic E-state index is -0.298. The molecule has 0 saturated heterocycles. The standard InChI is InChI=1S/C47H68O3/c1-29(24-39(34(6)48)36-18-16-15-17-19-36)20-21-30(2)32(4)37(26-35-22-23-35)27-42(49)43-38(28-41-44(43)47(41,13)14)33(5)40(45(7,8)9)25-31(3)50-46(10,11)12/h15-19,35,37-41,43-44H,1-5,20-28H2,6-14H3. The van der Waals surface area contributed by atoms with Crippen LogP contribution in [-0.4, -0.2) is 17.2 Å². The number of fused-ring (bicyclic) bond motifs is 1. The molecule has 3 aliphatic carbocycles. The van der Waals surface area contributed by atoms with Gasteiger partial charge in [-0.15, -0.1) is 0 Å². The second kappa shape index (κ2) is 15.3. The van der Waals surface area contributed by atoms with Crippen molar-refractivity contribution in [1.82, 2.24) is 0 Å². The van der Waals surface area contributed by atoms with E-state index in [2.05, 4.69) is 81.7 Å². The average molecular weight is 681 g/mol. The van der Waals surface area contributed by atoms with Gasteiger partial charge in [0.2, 0.25) is 0 Å². The van der Waals surface area contributed by atoms with Crippen LogP contribution in [0.1, 0.15) is 132 Å². The Morgan fingerprint density at radius 1 is 0.900 bits per heavy atom. The van der Waals surface area contributed by atoms with E-state index in [0.717, 1.165) is 60.1 Å².